The highest BCUT2D eigenvalue weighted by Gasteiger charge is 2.55. The van der Waals surface area contributed by atoms with Gasteiger partial charge in [0.2, 0.25) is 0 Å². The molecule has 3 fully saturated rings. The molecule has 3 aliphatic carbocycles. The number of hydrogen-bond acceptors (Lipinski definition) is 4. The van der Waals surface area contributed by atoms with Gasteiger partial charge in [-0.25, -0.2) is 0 Å². The standard InChI is InChI=1S/C22H42N2O2/c1-12-10-16(14(3)18(23)20(12)25)22(8-6-5-7-9-22)17-11-13(2)21(26)19(24)15(17)4/h12-21,25-26H,5-11,23-24H2,1-4H3. The number of aliphatic hydroxyl groups excluding tert-OH is 2. The molecule has 3 aliphatic rings. The topological polar surface area (TPSA) is 92.5 Å². The Labute approximate surface area is 160 Å². The van der Waals surface area contributed by atoms with Crippen molar-refractivity contribution in [3.63, 3.8) is 0 Å². The van der Waals surface area contributed by atoms with Crippen LogP contribution in [0.25, 0.3) is 0 Å². The van der Waals surface area contributed by atoms with Gasteiger partial charge in [0, 0.05) is 12.1 Å². The summed E-state index contributed by atoms with van der Waals surface area (Å²) in [5.41, 5.74) is 13.3. The summed E-state index contributed by atoms with van der Waals surface area (Å²) in [6.07, 6.45) is 7.84. The lowest BCUT2D eigenvalue weighted by molar-refractivity contribution is -0.120. The molecule has 0 amide bonds. The van der Waals surface area contributed by atoms with Gasteiger partial charge in [-0.3, -0.25) is 0 Å². The minimum atomic E-state index is -0.381. The van der Waals surface area contributed by atoms with Crippen molar-refractivity contribution in [2.24, 2.45) is 52.4 Å². The molecular formula is C22H42N2O2. The van der Waals surface area contributed by atoms with Crippen LogP contribution in [0.3, 0.4) is 0 Å². The molecule has 0 heterocycles. The molecular weight excluding hydrogens is 324 g/mol. The Hall–Kier alpha value is -0.160. The number of hydrogen-bond donors (Lipinski definition) is 4. The lowest BCUT2D eigenvalue weighted by Gasteiger charge is -2.59. The van der Waals surface area contributed by atoms with Crippen molar-refractivity contribution in [1.29, 1.82) is 0 Å². The molecule has 152 valence electrons. The van der Waals surface area contributed by atoms with E-state index in [0.29, 0.717) is 23.7 Å². The zero-order valence-corrected chi connectivity index (χ0v) is 17.3. The summed E-state index contributed by atoms with van der Waals surface area (Å²) >= 11 is 0. The smallest absolute Gasteiger partial charge is 0.0719 e. The minimum absolute atomic E-state index is 0.127. The molecule has 10 unspecified atom stereocenters. The average molecular weight is 367 g/mol. The Morgan fingerprint density at radius 3 is 1.46 bits per heavy atom. The van der Waals surface area contributed by atoms with E-state index in [9.17, 15) is 10.2 Å². The Kier molecular flexibility index (Phi) is 6.09. The molecule has 0 bridgehead atoms. The summed E-state index contributed by atoms with van der Waals surface area (Å²) in [5, 5.41) is 21.0. The molecule has 0 aromatic heterocycles. The first-order chi connectivity index (χ1) is 12.2. The van der Waals surface area contributed by atoms with Crippen molar-refractivity contribution < 1.29 is 10.2 Å². The first kappa shape index (κ1) is 20.6. The van der Waals surface area contributed by atoms with Crippen LogP contribution in [0.5, 0.6) is 0 Å². The molecule has 3 saturated carbocycles. The number of nitrogens with two attached hydrogens (primary N) is 2. The van der Waals surface area contributed by atoms with E-state index >= 15 is 0 Å². The monoisotopic (exact) mass is 366 g/mol. The quantitative estimate of drug-likeness (QED) is 0.604. The van der Waals surface area contributed by atoms with E-state index in [0.717, 1.165) is 12.8 Å². The molecule has 10 atom stereocenters. The molecule has 0 radical (unpaired) electrons. The summed E-state index contributed by atoms with van der Waals surface area (Å²) in [5.74, 6) is 2.31. The van der Waals surface area contributed by atoms with Gasteiger partial charge in [0.1, 0.15) is 0 Å². The SMILES string of the molecule is CC1CC(C2(C3CC(C)C(O)C(N)C3C)CCCCC2)C(C)C(N)C1O. The molecule has 0 aromatic carbocycles. The predicted molar refractivity (Wildman–Crippen MR) is 106 cm³/mol. The van der Waals surface area contributed by atoms with Gasteiger partial charge in [0.15, 0.2) is 0 Å². The number of aliphatic hydroxyl groups is 2. The molecule has 3 rings (SSSR count). The third-order valence-corrected chi connectivity index (χ3v) is 8.95. The summed E-state index contributed by atoms with van der Waals surface area (Å²) in [6, 6.07) is -0.253. The Bertz CT molecular complexity index is 443. The van der Waals surface area contributed by atoms with Gasteiger partial charge < -0.3 is 21.7 Å². The summed E-state index contributed by atoms with van der Waals surface area (Å²) in [6.45, 7) is 8.88. The van der Waals surface area contributed by atoms with E-state index in [-0.39, 0.29) is 41.5 Å². The van der Waals surface area contributed by atoms with E-state index in [1.807, 2.05) is 0 Å². The summed E-state index contributed by atoms with van der Waals surface area (Å²) in [4.78, 5) is 0. The van der Waals surface area contributed by atoms with E-state index in [1.54, 1.807) is 0 Å². The van der Waals surface area contributed by atoms with Crippen LogP contribution in [0.4, 0.5) is 0 Å². The zero-order chi connectivity index (χ0) is 19.2. The Morgan fingerprint density at radius 1 is 0.692 bits per heavy atom. The van der Waals surface area contributed by atoms with Crippen LogP contribution in [-0.2, 0) is 0 Å². The summed E-state index contributed by atoms with van der Waals surface area (Å²) < 4.78 is 0. The maximum absolute atomic E-state index is 10.5. The highest BCUT2D eigenvalue weighted by Crippen LogP contribution is 2.59. The van der Waals surface area contributed by atoms with Gasteiger partial charge in [0.25, 0.3) is 0 Å². The molecule has 0 aliphatic heterocycles. The van der Waals surface area contributed by atoms with Gasteiger partial charge in [-0.2, -0.15) is 0 Å². The molecule has 4 nitrogen and oxygen atoms in total. The maximum Gasteiger partial charge on any atom is 0.0719 e. The normalized spacial score (nSPS) is 52.6. The van der Waals surface area contributed by atoms with Crippen LogP contribution >= 0.6 is 0 Å². The predicted octanol–water partition coefficient (Wildman–Crippen LogP) is 2.90. The van der Waals surface area contributed by atoms with E-state index < -0.39 is 0 Å². The van der Waals surface area contributed by atoms with Crippen molar-refractivity contribution >= 4 is 0 Å². The van der Waals surface area contributed by atoms with Crippen molar-refractivity contribution in [2.45, 2.75) is 96.9 Å². The molecule has 4 heteroatoms. The minimum Gasteiger partial charge on any atom is -0.391 e. The second-order valence-corrected chi connectivity index (χ2v) is 10.3. The van der Waals surface area contributed by atoms with E-state index in [4.69, 9.17) is 11.5 Å². The first-order valence-electron chi connectivity index (χ1n) is 11.1. The fourth-order valence-electron chi connectivity index (χ4n) is 7.17. The fourth-order valence-corrected chi connectivity index (χ4v) is 7.17. The average Bonchev–Trinajstić information content (AvgIpc) is 2.64. The Morgan fingerprint density at radius 2 is 1.08 bits per heavy atom. The fraction of sp³-hybridized carbons (Fsp3) is 1.00. The summed E-state index contributed by atoms with van der Waals surface area (Å²) in [7, 11) is 0. The molecule has 0 spiro atoms. The zero-order valence-electron chi connectivity index (χ0n) is 17.3. The van der Waals surface area contributed by atoms with Crippen LogP contribution in [0.1, 0.15) is 72.6 Å². The molecule has 6 N–H and O–H groups in total. The van der Waals surface area contributed by atoms with Crippen LogP contribution in [0, 0.1) is 40.9 Å². The van der Waals surface area contributed by atoms with Crippen LogP contribution < -0.4 is 11.5 Å². The van der Waals surface area contributed by atoms with Crippen molar-refractivity contribution in [3.8, 4) is 0 Å². The molecule has 0 aromatic rings. The molecule has 0 saturated heterocycles. The molecule has 26 heavy (non-hydrogen) atoms. The van der Waals surface area contributed by atoms with Gasteiger partial charge in [-0.1, -0.05) is 47.0 Å². The van der Waals surface area contributed by atoms with Crippen LogP contribution in [0.15, 0.2) is 0 Å². The third-order valence-electron chi connectivity index (χ3n) is 8.95. The first-order valence-corrected chi connectivity index (χ1v) is 11.1. The Balaban J connectivity index is 1.96. The third kappa shape index (κ3) is 3.25. The van der Waals surface area contributed by atoms with Gasteiger partial charge in [0.05, 0.1) is 12.2 Å². The van der Waals surface area contributed by atoms with Crippen molar-refractivity contribution in [3.05, 3.63) is 0 Å². The van der Waals surface area contributed by atoms with E-state index in [2.05, 4.69) is 27.7 Å². The van der Waals surface area contributed by atoms with Gasteiger partial charge in [-0.05, 0) is 66.6 Å². The van der Waals surface area contributed by atoms with Crippen molar-refractivity contribution in [1.82, 2.24) is 0 Å². The van der Waals surface area contributed by atoms with E-state index in [1.165, 1.54) is 32.1 Å². The van der Waals surface area contributed by atoms with Crippen molar-refractivity contribution in [2.75, 3.05) is 0 Å². The van der Waals surface area contributed by atoms with Gasteiger partial charge >= 0.3 is 0 Å². The highest BCUT2D eigenvalue weighted by molar-refractivity contribution is 5.06. The second kappa shape index (κ2) is 7.69. The van der Waals surface area contributed by atoms with Crippen LogP contribution in [0.2, 0.25) is 0 Å². The number of rotatable bonds is 2. The lowest BCUT2D eigenvalue weighted by Crippen LogP contribution is -2.60. The highest BCUT2D eigenvalue weighted by atomic mass is 16.3. The second-order valence-electron chi connectivity index (χ2n) is 10.3. The van der Waals surface area contributed by atoms with Gasteiger partial charge in [-0.15, -0.1) is 0 Å². The maximum atomic E-state index is 10.5. The largest absolute Gasteiger partial charge is 0.391 e. The van der Waals surface area contributed by atoms with Crippen LogP contribution in [-0.4, -0.2) is 34.5 Å². The lowest BCUT2D eigenvalue weighted by atomic mass is 9.47.